The van der Waals surface area contributed by atoms with Gasteiger partial charge in [-0.3, -0.25) is 4.79 Å². The Kier molecular flexibility index (Phi) is 6.01. The fourth-order valence-electron chi connectivity index (χ4n) is 0.815. The maximum absolute atomic E-state index is 11.2. The van der Waals surface area contributed by atoms with E-state index in [1.54, 1.807) is 13.8 Å². The molecule has 0 aliphatic carbocycles. The molecule has 5 nitrogen and oxygen atoms in total. The molecule has 15 heavy (non-hydrogen) atoms. The molecule has 0 N–H and O–H groups in total. The van der Waals surface area contributed by atoms with Crippen molar-refractivity contribution in [3.8, 4) is 0 Å². The molecule has 0 aromatic carbocycles. The lowest BCUT2D eigenvalue weighted by Gasteiger charge is -2.03. The third-order valence-electron chi connectivity index (χ3n) is 1.42. The lowest BCUT2D eigenvalue weighted by Crippen LogP contribution is -2.16. The van der Waals surface area contributed by atoms with Crippen LogP contribution in [0.15, 0.2) is 11.6 Å². The average molecular weight is 214 g/mol. The Morgan fingerprint density at radius 1 is 1.07 bits per heavy atom. The Bertz CT molecular complexity index is 290. The largest absolute Gasteiger partial charge is 0.463 e. The number of rotatable bonds is 5. The number of Topliss-reactive ketones (excluding diaryl/α,β-unsaturated/α-hetero) is 1. The van der Waals surface area contributed by atoms with Crippen molar-refractivity contribution in [2.45, 2.75) is 20.8 Å². The fraction of sp³-hybridized carbons (Fsp3) is 0.500. The number of carbonyl (C=O) groups excluding carboxylic acids is 3. The van der Waals surface area contributed by atoms with Crippen molar-refractivity contribution in [3.63, 3.8) is 0 Å². The van der Waals surface area contributed by atoms with Gasteiger partial charge in [0.05, 0.1) is 13.2 Å². The molecule has 0 atom stereocenters. The monoisotopic (exact) mass is 214 g/mol. The van der Waals surface area contributed by atoms with Gasteiger partial charge in [-0.1, -0.05) is 0 Å². The Hall–Kier alpha value is -1.65. The first-order valence-corrected chi connectivity index (χ1v) is 4.59. The maximum Gasteiger partial charge on any atom is 0.342 e. The molecular formula is C10H14O5. The van der Waals surface area contributed by atoms with Crippen LogP contribution in [0.4, 0.5) is 0 Å². The van der Waals surface area contributed by atoms with Gasteiger partial charge in [0, 0.05) is 6.08 Å². The second-order valence-corrected chi connectivity index (χ2v) is 2.59. The highest BCUT2D eigenvalue weighted by Crippen LogP contribution is 2.01. The van der Waals surface area contributed by atoms with Crippen LogP contribution in [0, 0.1) is 0 Å². The molecule has 0 rings (SSSR count). The van der Waals surface area contributed by atoms with Gasteiger partial charge in [-0.25, -0.2) is 9.59 Å². The van der Waals surface area contributed by atoms with Crippen molar-refractivity contribution in [3.05, 3.63) is 11.6 Å². The molecule has 0 aromatic rings. The summed E-state index contributed by atoms with van der Waals surface area (Å²) in [4.78, 5) is 33.2. The van der Waals surface area contributed by atoms with E-state index in [4.69, 9.17) is 0 Å². The van der Waals surface area contributed by atoms with Crippen molar-refractivity contribution in [1.29, 1.82) is 0 Å². The van der Waals surface area contributed by atoms with E-state index in [2.05, 4.69) is 9.47 Å². The molecule has 84 valence electrons. The molecule has 0 radical (unpaired) electrons. The second-order valence-electron chi connectivity index (χ2n) is 2.59. The second kappa shape index (κ2) is 6.75. The highest BCUT2D eigenvalue weighted by Gasteiger charge is 2.17. The number of ketones is 1. The summed E-state index contributed by atoms with van der Waals surface area (Å²) in [6, 6.07) is 0. The van der Waals surface area contributed by atoms with Crippen LogP contribution in [0.25, 0.3) is 0 Å². The lowest BCUT2D eigenvalue weighted by molar-refractivity contribution is -0.142. The predicted molar refractivity (Wildman–Crippen MR) is 52.0 cm³/mol. The molecule has 5 heteroatoms. The van der Waals surface area contributed by atoms with Crippen molar-refractivity contribution < 1.29 is 23.9 Å². The zero-order chi connectivity index (χ0) is 11.8. The molecule has 0 unspecified atom stereocenters. The van der Waals surface area contributed by atoms with Crippen molar-refractivity contribution in [2.75, 3.05) is 13.2 Å². The van der Waals surface area contributed by atoms with Crippen LogP contribution in [0.1, 0.15) is 20.8 Å². The molecule has 0 saturated heterocycles. The Morgan fingerprint density at radius 2 is 1.60 bits per heavy atom. The van der Waals surface area contributed by atoms with Crippen LogP contribution in [0.5, 0.6) is 0 Å². The van der Waals surface area contributed by atoms with Crippen LogP contribution in [-0.2, 0) is 23.9 Å². The van der Waals surface area contributed by atoms with Gasteiger partial charge in [-0.05, 0) is 20.8 Å². The quantitative estimate of drug-likeness (QED) is 0.290. The van der Waals surface area contributed by atoms with Gasteiger partial charge in [0.25, 0.3) is 0 Å². The van der Waals surface area contributed by atoms with Gasteiger partial charge in [0.2, 0.25) is 0 Å². The van der Waals surface area contributed by atoms with Gasteiger partial charge in [0.1, 0.15) is 5.57 Å². The molecule has 0 fully saturated rings. The molecule has 0 bridgehead atoms. The fourth-order valence-corrected chi connectivity index (χ4v) is 0.815. The smallest absolute Gasteiger partial charge is 0.342 e. The van der Waals surface area contributed by atoms with Gasteiger partial charge in [-0.15, -0.1) is 0 Å². The van der Waals surface area contributed by atoms with E-state index in [0.29, 0.717) is 0 Å². The number of esters is 2. The molecule has 0 spiro atoms. The minimum atomic E-state index is -0.807. The summed E-state index contributed by atoms with van der Waals surface area (Å²) in [5.74, 6) is -2.06. The zero-order valence-corrected chi connectivity index (χ0v) is 9.03. The zero-order valence-electron chi connectivity index (χ0n) is 9.03. The van der Waals surface area contributed by atoms with Gasteiger partial charge >= 0.3 is 11.9 Å². The van der Waals surface area contributed by atoms with Crippen LogP contribution >= 0.6 is 0 Å². The molecule has 0 heterocycles. The maximum atomic E-state index is 11.2. The molecule has 0 aliphatic rings. The van der Waals surface area contributed by atoms with Gasteiger partial charge in [0.15, 0.2) is 5.78 Å². The van der Waals surface area contributed by atoms with E-state index in [0.717, 1.165) is 6.08 Å². The minimum Gasteiger partial charge on any atom is -0.463 e. The molecule has 0 saturated carbocycles. The summed E-state index contributed by atoms with van der Waals surface area (Å²) in [6.07, 6.45) is 0.851. The van der Waals surface area contributed by atoms with E-state index < -0.39 is 17.7 Å². The first-order chi connectivity index (χ1) is 7.02. The van der Waals surface area contributed by atoms with Crippen molar-refractivity contribution in [1.82, 2.24) is 0 Å². The summed E-state index contributed by atoms with van der Waals surface area (Å²) in [6.45, 7) is 4.75. The summed E-state index contributed by atoms with van der Waals surface area (Å²) in [5.41, 5.74) is -0.296. The van der Waals surface area contributed by atoms with Gasteiger partial charge in [-0.2, -0.15) is 0 Å². The first-order valence-electron chi connectivity index (χ1n) is 4.59. The third-order valence-corrected chi connectivity index (χ3v) is 1.42. The SMILES string of the molecule is CCOC(=O)/C=C(/C(C)=O)C(=O)OCC. The lowest BCUT2D eigenvalue weighted by atomic mass is 10.2. The highest BCUT2D eigenvalue weighted by molar-refractivity contribution is 6.19. The average Bonchev–Trinajstić information content (AvgIpc) is 2.14. The topological polar surface area (TPSA) is 69.7 Å². The normalized spacial score (nSPS) is 10.7. The molecule has 0 aromatic heterocycles. The van der Waals surface area contributed by atoms with Crippen LogP contribution in [0.2, 0.25) is 0 Å². The summed E-state index contributed by atoms with van der Waals surface area (Å²) in [5, 5.41) is 0. The predicted octanol–water partition coefficient (Wildman–Crippen LogP) is 0.628. The van der Waals surface area contributed by atoms with Crippen LogP contribution < -0.4 is 0 Å². The Labute approximate surface area is 88.0 Å². The van der Waals surface area contributed by atoms with Crippen molar-refractivity contribution >= 4 is 17.7 Å². The highest BCUT2D eigenvalue weighted by atomic mass is 16.5. The summed E-state index contributed by atoms with van der Waals surface area (Å²) >= 11 is 0. The van der Waals surface area contributed by atoms with Crippen LogP contribution in [-0.4, -0.2) is 30.9 Å². The van der Waals surface area contributed by atoms with E-state index in [1.165, 1.54) is 6.92 Å². The first kappa shape index (κ1) is 13.4. The van der Waals surface area contributed by atoms with Gasteiger partial charge < -0.3 is 9.47 Å². The van der Waals surface area contributed by atoms with Crippen molar-refractivity contribution in [2.24, 2.45) is 0 Å². The van der Waals surface area contributed by atoms with Crippen LogP contribution in [0.3, 0.4) is 0 Å². The standard InChI is InChI=1S/C10H14O5/c1-4-14-9(12)6-8(7(3)11)10(13)15-5-2/h6H,4-5H2,1-3H3/b8-6-. The van der Waals surface area contributed by atoms with E-state index in [1.807, 2.05) is 0 Å². The number of ether oxygens (including phenoxy) is 2. The van der Waals surface area contributed by atoms with E-state index in [-0.39, 0.29) is 18.8 Å². The number of carbonyl (C=O) groups is 3. The molecular weight excluding hydrogens is 200 g/mol. The molecule has 0 aliphatic heterocycles. The number of hydrogen-bond acceptors (Lipinski definition) is 5. The molecule has 0 amide bonds. The Morgan fingerprint density at radius 3 is 2.00 bits per heavy atom. The number of hydrogen-bond donors (Lipinski definition) is 0. The van der Waals surface area contributed by atoms with E-state index >= 15 is 0 Å². The third kappa shape index (κ3) is 4.95. The Balaban J connectivity index is 4.73. The summed E-state index contributed by atoms with van der Waals surface area (Å²) < 4.78 is 9.18. The van der Waals surface area contributed by atoms with E-state index in [9.17, 15) is 14.4 Å². The minimum absolute atomic E-state index is 0.145. The summed E-state index contributed by atoms with van der Waals surface area (Å²) in [7, 11) is 0.